The zero-order valence-corrected chi connectivity index (χ0v) is 9.33. The molecule has 0 aliphatic carbocycles. The summed E-state index contributed by atoms with van der Waals surface area (Å²) in [4.78, 5) is 24.0. The Bertz CT molecular complexity index is 262. The first-order valence-corrected chi connectivity index (χ1v) is 4.42. The zero-order chi connectivity index (χ0) is 12.1. The van der Waals surface area contributed by atoms with Crippen molar-refractivity contribution < 1.29 is 9.59 Å². The maximum absolute atomic E-state index is 11.2. The molecule has 15 heavy (non-hydrogen) atoms. The minimum Gasteiger partial charge on any atom is -0.317 e. The smallest absolute Gasteiger partial charge is 0.246 e. The molecule has 0 aromatic rings. The summed E-state index contributed by atoms with van der Waals surface area (Å²) in [7, 11) is 3.46. The lowest BCUT2D eigenvalue weighted by Gasteiger charge is -2.37. The van der Waals surface area contributed by atoms with Crippen LogP contribution in [0, 0.1) is 0 Å². The molecule has 0 unspecified atom stereocenters. The molecule has 0 fully saturated rings. The van der Waals surface area contributed by atoms with Gasteiger partial charge in [0.25, 0.3) is 0 Å². The maximum Gasteiger partial charge on any atom is 0.246 e. The van der Waals surface area contributed by atoms with Crippen molar-refractivity contribution >= 4 is 11.8 Å². The van der Waals surface area contributed by atoms with Crippen LogP contribution < -0.4 is 10.6 Å². The van der Waals surface area contributed by atoms with Gasteiger partial charge < -0.3 is 10.6 Å². The van der Waals surface area contributed by atoms with Crippen molar-refractivity contribution in [2.75, 3.05) is 14.1 Å². The summed E-state index contributed by atoms with van der Waals surface area (Å²) in [6.45, 7) is 8.34. The molecule has 0 saturated carbocycles. The maximum atomic E-state index is 11.2. The van der Waals surface area contributed by atoms with Gasteiger partial charge in [0.15, 0.2) is 5.79 Å². The summed E-state index contributed by atoms with van der Waals surface area (Å²) in [6, 6.07) is 0. The lowest BCUT2D eigenvalue weighted by atomic mass is 10.3. The van der Waals surface area contributed by atoms with Crippen molar-refractivity contribution in [3.05, 3.63) is 25.3 Å². The summed E-state index contributed by atoms with van der Waals surface area (Å²) in [5.74, 6) is -1.69. The predicted molar refractivity (Wildman–Crippen MR) is 58.8 cm³/mol. The van der Waals surface area contributed by atoms with Crippen molar-refractivity contribution in [1.29, 1.82) is 0 Å². The second-order valence-corrected chi connectivity index (χ2v) is 3.35. The van der Waals surface area contributed by atoms with E-state index in [9.17, 15) is 9.59 Å². The zero-order valence-electron chi connectivity index (χ0n) is 9.33. The van der Waals surface area contributed by atoms with E-state index in [1.54, 1.807) is 25.9 Å². The molecule has 0 atom stereocenters. The summed E-state index contributed by atoms with van der Waals surface area (Å²) in [5, 5.41) is 5.19. The van der Waals surface area contributed by atoms with Crippen LogP contribution in [-0.2, 0) is 9.59 Å². The number of hydrogen-bond donors (Lipinski definition) is 2. The van der Waals surface area contributed by atoms with Crippen molar-refractivity contribution in [2.45, 2.75) is 12.7 Å². The average Bonchev–Trinajstić information content (AvgIpc) is 2.16. The summed E-state index contributed by atoms with van der Waals surface area (Å²) in [6.07, 6.45) is 2.28. The first kappa shape index (κ1) is 13.4. The van der Waals surface area contributed by atoms with Crippen LogP contribution in [0.1, 0.15) is 6.92 Å². The number of rotatable bonds is 5. The van der Waals surface area contributed by atoms with Crippen LogP contribution in [0.25, 0.3) is 0 Å². The summed E-state index contributed by atoms with van der Waals surface area (Å²) in [5.41, 5.74) is 0. The van der Waals surface area contributed by atoms with Gasteiger partial charge in [-0.05, 0) is 33.2 Å². The topological polar surface area (TPSA) is 61.4 Å². The molecule has 2 amide bonds. The standard InChI is InChI=1S/C10H17N3O2/c1-6-8(14)11-10(3,13(4)5)12-9(15)7-2/h6-7H,1-2H2,3-5H3,(H,11,14)(H,12,15). The molecule has 0 rings (SSSR count). The Morgan fingerprint density at radius 2 is 1.47 bits per heavy atom. The van der Waals surface area contributed by atoms with Crippen LogP contribution in [0.2, 0.25) is 0 Å². The van der Waals surface area contributed by atoms with E-state index in [1.165, 1.54) is 0 Å². The Kier molecular flexibility index (Phi) is 4.73. The SMILES string of the molecule is C=CC(=O)NC(C)(NC(=O)C=C)N(C)C. The Balaban J connectivity index is 4.73. The Morgan fingerprint density at radius 3 is 1.67 bits per heavy atom. The van der Waals surface area contributed by atoms with Gasteiger partial charge in [0.1, 0.15) is 0 Å². The van der Waals surface area contributed by atoms with Gasteiger partial charge in [-0.25, -0.2) is 0 Å². The fourth-order valence-corrected chi connectivity index (χ4v) is 0.837. The molecule has 2 N–H and O–H groups in total. The van der Waals surface area contributed by atoms with E-state index in [2.05, 4.69) is 23.8 Å². The van der Waals surface area contributed by atoms with Crippen LogP contribution in [0.15, 0.2) is 25.3 Å². The molecule has 0 aliphatic heterocycles. The van der Waals surface area contributed by atoms with Gasteiger partial charge in [-0.15, -0.1) is 0 Å². The molecular weight excluding hydrogens is 194 g/mol. The molecule has 0 bridgehead atoms. The number of amides is 2. The Labute approximate surface area is 89.8 Å². The van der Waals surface area contributed by atoms with Gasteiger partial charge in [0.05, 0.1) is 0 Å². The minimum absolute atomic E-state index is 0.365. The van der Waals surface area contributed by atoms with E-state index < -0.39 is 5.79 Å². The first-order chi connectivity index (χ1) is 6.85. The molecule has 0 saturated heterocycles. The number of nitrogens with zero attached hydrogens (tertiary/aromatic N) is 1. The van der Waals surface area contributed by atoms with E-state index in [0.29, 0.717) is 0 Å². The van der Waals surface area contributed by atoms with Gasteiger partial charge in [-0.1, -0.05) is 13.2 Å². The molecule has 5 heteroatoms. The highest BCUT2D eigenvalue weighted by atomic mass is 16.2. The molecule has 5 nitrogen and oxygen atoms in total. The van der Waals surface area contributed by atoms with Gasteiger partial charge >= 0.3 is 0 Å². The lowest BCUT2D eigenvalue weighted by molar-refractivity contribution is -0.125. The Morgan fingerprint density at radius 1 is 1.13 bits per heavy atom. The minimum atomic E-state index is -0.962. The number of carbonyl (C=O) groups excluding carboxylic acids is 2. The van der Waals surface area contributed by atoms with Crippen molar-refractivity contribution in [3.63, 3.8) is 0 Å². The molecule has 0 heterocycles. The third kappa shape index (κ3) is 3.95. The fourth-order valence-electron chi connectivity index (χ4n) is 0.837. The van der Waals surface area contributed by atoms with Crippen molar-refractivity contribution in [3.8, 4) is 0 Å². The monoisotopic (exact) mass is 211 g/mol. The predicted octanol–water partition coefficient (Wildman–Crippen LogP) is -0.174. The normalized spacial score (nSPS) is 10.7. The second-order valence-electron chi connectivity index (χ2n) is 3.35. The summed E-state index contributed by atoms with van der Waals surface area (Å²) >= 11 is 0. The first-order valence-electron chi connectivity index (χ1n) is 4.42. The molecule has 0 aromatic carbocycles. The van der Waals surface area contributed by atoms with Crippen LogP contribution in [-0.4, -0.2) is 36.6 Å². The van der Waals surface area contributed by atoms with Gasteiger partial charge in [0, 0.05) is 0 Å². The molecule has 0 aliphatic rings. The van der Waals surface area contributed by atoms with E-state index >= 15 is 0 Å². The fraction of sp³-hybridized carbons (Fsp3) is 0.400. The molecule has 84 valence electrons. The van der Waals surface area contributed by atoms with Crippen LogP contribution in [0.5, 0.6) is 0 Å². The quantitative estimate of drug-likeness (QED) is 0.490. The highest BCUT2D eigenvalue weighted by molar-refractivity contribution is 5.90. The average molecular weight is 211 g/mol. The van der Waals surface area contributed by atoms with E-state index in [1.807, 2.05) is 0 Å². The Hall–Kier alpha value is -1.62. The van der Waals surface area contributed by atoms with Crippen molar-refractivity contribution in [2.24, 2.45) is 0 Å². The van der Waals surface area contributed by atoms with E-state index in [0.717, 1.165) is 12.2 Å². The second kappa shape index (κ2) is 5.31. The molecule has 0 radical (unpaired) electrons. The van der Waals surface area contributed by atoms with Gasteiger partial charge in [-0.3, -0.25) is 14.5 Å². The third-order valence-electron chi connectivity index (χ3n) is 2.00. The number of carbonyl (C=O) groups is 2. The lowest BCUT2D eigenvalue weighted by Crippen LogP contribution is -2.66. The molecule has 0 aromatic heterocycles. The largest absolute Gasteiger partial charge is 0.317 e. The highest BCUT2D eigenvalue weighted by Gasteiger charge is 2.29. The van der Waals surface area contributed by atoms with Crippen LogP contribution in [0.3, 0.4) is 0 Å². The number of nitrogens with one attached hydrogen (secondary N) is 2. The van der Waals surface area contributed by atoms with E-state index in [-0.39, 0.29) is 11.8 Å². The molecular formula is C10H17N3O2. The summed E-state index contributed by atoms with van der Waals surface area (Å²) < 4.78 is 0. The number of hydrogen-bond acceptors (Lipinski definition) is 3. The third-order valence-corrected chi connectivity index (χ3v) is 2.00. The van der Waals surface area contributed by atoms with Gasteiger partial charge in [-0.2, -0.15) is 0 Å². The van der Waals surface area contributed by atoms with E-state index in [4.69, 9.17) is 0 Å². The van der Waals surface area contributed by atoms with Crippen molar-refractivity contribution in [1.82, 2.24) is 15.5 Å². The van der Waals surface area contributed by atoms with Crippen LogP contribution in [0.4, 0.5) is 0 Å². The highest BCUT2D eigenvalue weighted by Crippen LogP contribution is 2.02. The van der Waals surface area contributed by atoms with Crippen LogP contribution >= 0.6 is 0 Å². The van der Waals surface area contributed by atoms with Gasteiger partial charge in [0.2, 0.25) is 11.8 Å². The molecule has 0 spiro atoms.